The van der Waals surface area contributed by atoms with Crippen molar-refractivity contribution in [3.05, 3.63) is 89.5 Å². The van der Waals surface area contributed by atoms with Crippen LogP contribution in [0.5, 0.6) is 5.75 Å². The maximum atomic E-state index is 13.4. The van der Waals surface area contributed by atoms with Crippen molar-refractivity contribution in [2.24, 2.45) is 0 Å². The average molecular weight is 455 g/mol. The Bertz CT molecular complexity index is 1060. The predicted molar refractivity (Wildman–Crippen MR) is 123 cm³/mol. The van der Waals surface area contributed by atoms with Crippen molar-refractivity contribution < 1.29 is 23.5 Å². The van der Waals surface area contributed by atoms with Crippen molar-refractivity contribution in [1.82, 2.24) is 10.8 Å². The first kappa shape index (κ1) is 24.4. The molecule has 0 heterocycles. The molecule has 0 aliphatic carbocycles. The molecule has 0 bridgehead atoms. The molecule has 0 spiro atoms. The Balaban J connectivity index is 1.44. The van der Waals surface area contributed by atoms with Crippen LogP contribution in [0.1, 0.15) is 30.4 Å². The topological polar surface area (TPSA) is 70.6 Å². The first-order valence-corrected chi connectivity index (χ1v) is 10.9. The number of aryl methyl sites for hydroxylation is 1. The highest BCUT2D eigenvalue weighted by molar-refractivity contribution is 5.79. The van der Waals surface area contributed by atoms with Gasteiger partial charge in [-0.25, -0.2) is 14.3 Å². The molecule has 0 unspecified atom stereocenters. The van der Waals surface area contributed by atoms with Gasteiger partial charge in [-0.1, -0.05) is 30.3 Å². The number of hydrogen-bond acceptors (Lipinski definition) is 4. The fourth-order valence-corrected chi connectivity index (χ4v) is 3.49. The van der Waals surface area contributed by atoms with E-state index in [9.17, 15) is 13.6 Å². The zero-order valence-corrected chi connectivity index (χ0v) is 18.5. The third kappa shape index (κ3) is 7.37. The summed E-state index contributed by atoms with van der Waals surface area (Å²) in [6, 6.07) is 18.8. The standard InChI is InChI=1S/C26H28F2N2O3/c1-18-15-23(12-13-24(18)28)33-25(26(31)30-32)7-2-3-14-29-17-19-5-4-6-21(16-19)20-8-10-22(27)11-9-20/h4-6,8-13,15-16,25,29,32H,2-3,7,14,17H2,1H3,(H,30,31)/t25-/m1/s1. The molecule has 0 fully saturated rings. The number of hydroxylamine groups is 1. The summed E-state index contributed by atoms with van der Waals surface area (Å²) in [4.78, 5) is 11.9. The van der Waals surface area contributed by atoms with E-state index in [2.05, 4.69) is 11.4 Å². The predicted octanol–water partition coefficient (Wildman–Crippen LogP) is 5.15. The lowest BCUT2D eigenvalue weighted by molar-refractivity contribution is -0.136. The second-order valence-electron chi connectivity index (χ2n) is 7.87. The molecule has 174 valence electrons. The van der Waals surface area contributed by atoms with E-state index in [4.69, 9.17) is 9.94 Å². The van der Waals surface area contributed by atoms with E-state index in [0.29, 0.717) is 30.7 Å². The Labute approximate surface area is 192 Å². The van der Waals surface area contributed by atoms with Gasteiger partial charge < -0.3 is 10.1 Å². The van der Waals surface area contributed by atoms with Crippen LogP contribution in [0.15, 0.2) is 66.7 Å². The highest BCUT2D eigenvalue weighted by Gasteiger charge is 2.20. The second kappa shape index (κ2) is 12.1. The zero-order valence-electron chi connectivity index (χ0n) is 18.5. The van der Waals surface area contributed by atoms with Crippen LogP contribution in [0.4, 0.5) is 8.78 Å². The molecule has 1 amide bonds. The molecule has 3 N–H and O–H groups in total. The van der Waals surface area contributed by atoms with Crippen LogP contribution in [0, 0.1) is 18.6 Å². The summed E-state index contributed by atoms with van der Waals surface area (Å²) >= 11 is 0. The van der Waals surface area contributed by atoms with Gasteiger partial charge in [0.25, 0.3) is 5.91 Å². The Morgan fingerprint density at radius 3 is 2.52 bits per heavy atom. The van der Waals surface area contributed by atoms with E-state index in [1.807, 2.05) is 18.2 Å². The highest BCUT2D eigenvalue weighted by Crippen LogP contribution is 2.21. The third-order valence-corrected chi connectivity index (χ3v) is 5.31. The van der Waals surface area contributed by atoms with Crippen LogP contribution < -0.4 is 15.5 Å². The summed E-state index contributed by atoms with van der Waals surface area (Å²) in [6.45, 7) is 3.04. The lowest BCUT2D eigenvalue weighted by Gasteiger charge is -2.17. The molecule has 33 heavy (non-hydrogen) atoms. The molecule has 0 saturated heterocycles. The molecule has 3 rings (SSSR count). The average Bonchev–Trinajstić information content (AvgIpc) is 2.83. The number of nitrogens with one attached hydrogen (secondary N) is 2. The summed E-state index contributed by atoms with van der Waals surface area (Å²) in [5, 5.41) is 12.4. The first-order chi connectivity index (χ1) is 16.0. The van der Waals surface area contributed by atoms with Gasteiger partial charge in [0.05, 0.1) is 0 Å². The Hall–Kier alpha value is -3.29. The van der Waals surface area contributed by atoms with Gasteiger partial charge in [0.2, 0.25) is 0 Å². The van der Waals surface area contributed by atoms with E-state index in [1.165, 1.54) is 30.3 Å². The lowest BCUT2D eigenvalue weighted by Crippen LogP contribution is -2.36. The summed E-state index contributed by atoms with van der Waals surface area (Å²) in [7, 11) is 0. The molecule has 0 saturated carbocycles. The van der Waals surface area contributed by atoms with Crippen molar-refractivity contribution in [2.75, 3.05) is 6.54 Å². The smallest absolute Gasteiger partial charge is 0.284 e. The molecule has 1 atom stereocenters. The summed E-state index contributed by atoms with van der Waals surface area (Å²) in [5.74, 6) is -0.863. The number of unbranched alkanes of at least 4 members (excludes halogenated alkanes) is 1. The molecule has 0 aromatic heterocycles. The van der Waals surface area contributed by atoms with Crippen molar-refractivity contribution >= 4 is 5.91 Å². The first-order valence-electron chi connectivity index (χ1n) is 10.9. The van der Waals surface area contributed by atoms with Gasteiger partial charge >= 0.3 is 0 Å². The number of rotatable bonds is 11. The van der Waals surface area contributed by atoms with Crippen molar-refractivity contribution in [2.45, 2.75) is 38.8 Å². The van der Waals surface area contributed by atoms with Gasteiger partial charge in [-0.05, 0) is 91.4 Å². The van der Waals surface area contributed by atoms with E-state index in [0.717, 1.165) is 29.7 Å². The molecule has 3 aromatic carbocycles. The second-order valence-corrected chi connectivity index (χ2v) is 7.87. The van der Waals surface area contributed by atoms with E-state index in [1.54, 1.807) is 24.5 Å². The normalized spacial score (nSPS) is 11.8. The van der Waals surface area contributed by atoms with Crippen LogP contribution in [-0.4, -0.2) is 23.8 Å². The van der Waals surface area contributed by atoms with Gasteiger partial charge in [0, 0.05) is 6.54 Å². The SMILES string of the molecule is Cc1cc(O[C@H](CCCCNCc2cccc(-c3ccc(F)cc3)c2)C(=O)NO)ccc1F. The van der Waals surface area contributed by atoms with Crippen LogP contribution in [0.2, 0.25) is 0 Å². The number of benzene rings is 3. The van der Waals surface area contributed by atoms with Gasteiger partial charge in [-0.2, -0.15) is 0 Å². The molecule has 7 heteroatoms. The fourth-order valence-electron chi connectivity index (χ4n) is 3.49. The largest absolute Gasteiger partial charge is 0.481 e. The Morgan fingerprint density at radius 2 is 1.79 bits per heavy atom. The number of halogens is 2. The Morgan fingerprint density at radius 1 is 1.00 bits per heavy atom. The van der Waals surface area contributed by atoms with Crippen LogP contribution in [-0.2, 0) is 11.3 Å². The molecular formula is C26H28F2N2O3. The molecule has 0 aliphatic rings. The molecular weight excluding hydrogens is 426 g/mol. The van der Waals surface area contributed by atoms with E-state index >= 15 is 0 Å². The molecule has 3 aromatic rings. The zero-order chi connectivity index (χ0) is 23.6. The number of ether oxygens (including phenoxy) is 1. The van der Waals surface area contributed by atoms with Crippen LogP contribution in [0.25, 0.3) is 11.1 Å². The summed E-state index contributed by atoms with van der Waals surface area (Å²) in [5.41, 5.74) is 5.16. The summed E-state index contributed by atoms with van der Waals surface area (Å²) < 4.78 is 32.2. The van der Waals surface area contributed by atoms with Gasteiger partial charge in [-0.3, -0.25) is 10.0 Å². The van der Waals surface area contributed by atoms with Crippen LogP contribution in [0.3, 0.4) is 0 Å². The summed E-state index contributed by atoms with van der Waals surface area (Å²) in [6.07, 6.45) is 1.04. The Kier molecular flexibility index (Phi) is 8.92. The number of carbonyl (C=O) groups excluding carboxylic acids is 1. The fraction of sp³-hybridized carbons (Fsp3) is 0.269. The van der Waals surface area contributed by atoms with Crippen molar-refractivity contribution in [1.29, 1.82) is 0 Å². The van der Waals surface area contributed by atoms with Crippen molar-refractivity contribution in [3.63, 3.8) is 0 Å². The lowest BCUT2D eigenvalue weighted by atomic mass is 10.0. The van der Waals surface area contributed by atoms with Gasteiger partial charge in [0.1, 0.15) is 17.4 Å². The molecule has 0 aliphatic heterocycles. The number of hydrogen-bond donors (Lipinski definition) is 3. The van der Waals surface area contributed by atoms with E-state index < -0.39 is 12.0 Å². The van der Waals surface area contributed by atoms with E-state index in [-0.39, 0.29) is 11.6 Å². The van der Waals surface area contributed by atoms with Crippen LogP contribution >= 0.6 is 0 Å². The quantitative estimate of drug-likeness (QED) is 0.213. The van der Waals surface area contributed by atoms with Gasteiger partial charge in [0.15, 0.2) is 6.10 Å². The molecule has 5 nitrogen and oxygen atoms in total. The minimum Gasteiger partial charge on any atom is -0.481 e. The minimum atomic E-state index is -0.868. The monoisotopic (exact) mass is 454 g/mol. The number of amides is 1. The maximum absolute atomic E-state index is 13.4. The highest BCUT2D eigenvalue weighted by atomic mass is 19.1. The van der Waals surface area contributed by atoms with Crippen molar-refractivity contribution in [3.8, 4) is 16.9 Å². The number of carbonyl (C=O) groups is 1. The molecule has 0 radical (unpaired) electrons. The minimum absolute atomic E-state index is 0.256. The van der Waals surface area contributed by atoms with Gasteiger partial charge in [-0.15, -0.1) is 0 Å². The third-order valence-electron chi connectivity index (χ3n) is 5.31. The maximum Gasteiger partial charge on any atom is 0.284 e.